The maximum atomic E-state index is 13.8. The number of carbonyl (C=O) groups excluding carboxylic acids is 1. The average molecular weight is 449 g/mol. The summed E-state index contributed by atoms with van der Waals surface area (Å²) in [5, 5.41) is 2.46. The second-order valence-corrected chi connectivity index (χ2v) is 7.87. The number of rotatable bonds is 5. The first-order valence-corrected chi connectivity index (χ1v) is 10.6. The zero-order valence-corrected chi connectivity index (χ0v) is 17.7. The van der Waals surface area contributed by atoms with Crippen LogP contribution in [0.25, 0.3) is 0 Å². The van der Waals surface area contributed by atoms with Gasteiger partial charge in [0.1, 0.15) is 0 Å². The molecule has 0 saturated carbocycles. The van der Waals surface area contributed by atoms with Crippen molar-refractivity contribution in [2.24, 2.45) is 0 Å². The number of benzene rings is 2. The lowest BCUT2D eigenvalue weighted by atomic mass is 10.1. The zero-order valence-electron chi connectivity index (χ0n) is 17.7. The van der Waals surface area contributed by atoms with Crippen LogP contribution in [0.3, 0.4) is 0 Å². The average Bonchev–Trinajstić information content (AvgIpc) is 2.80. The first kappa shape index (κ1) is 22.6. The summed E-state index contributed by atoms with van der Waals surface area (Å²) in [6.07, 6.45) is -4.59. The molecule has 2 aromatic rings. The second-order valence-electron chi connectivity index (χ2n) is 7.87. The van der Waals surface area contributed by atoms with Crippen LogP contribution in [0.1, 0.15) is 21.5 Å². The highest BCUT2D eigenvalue weighted by Gasteiger charge is 2.35. The van der Waals surface area contributed by atoms with Crippen LogP contribution in [0.15, 0.2) is 42.5 Å². The Kier molecular flexibility index (Phi) is 6.98. The van der Waals surface area contributed by atoms with E-state index in [9.17, 15) is 18.0 Å². The highest BCUT2D eigenvalue weighted by Crippen LogP contribution is 2.37. The van der Waals surface area contributed by atoms with Crippen LogP contribution < -0.4 is 10.2 Å². The van der Waals surface area contributed by atoms with E-state index in [1.807, 2.05) is 11.0 Å². The molecule has 1 N–H and O–H groups in total. The van der Waals surface area contributed by atoms with Crippen molar-refractivity contribution < 1.29 is 27.4 Å². The molecular formula is C23H26F3N3O3. The number of amides is 1. The van der Waals surface area contributed by atoms with Gasteiger partial charge in [-0.2, -0.15) is 13.2 Å². The number of hydrogen-bond donors (Lipinski definition) is 1. The highest BCUT2D eigenvalue weighted by molar-refractivity contribution is 6.05. The number of morpholine rings is 2. The summed E-state index contributed by atoms with van der Waals surface area (Å²) in [6, 6.07) is 11.0. The fourth-order valence-electron chi connectivity index (χ4n) is 3.92. The minimum Gasteiger partial charge on any atom is -0.379 e. The Hall–Kier alpha value is -2.62. The van der Waals surface area contributed by atoms with E-state index >= 15 is 0 Å². The summed E-state index contributed by atoms with van der Waals surface area (Å²) < 4.78 is 51.9. The van der Waals surface area contributed by atoms with E-state index < -0.39 is 17.6 Å². The van der Waals surface area contributed by atoms with E-state index in [-0.39, 0.29) is 5.69 Å². The Morgan fingerprint density at radius 3 is 2.31 bits per heavy atom. The Morgan fingerprint density at radius 2 is 1.62 bits per heavy atom. The van der Waals surface area contributed by atoms with Crippen molar-refractivity contribution in [3.63, 3.8) is 0 Å². The molecule has 2 saturated heterocycles. The lowest BCUT2D eigenvalue weighted by Gasteiger charge is -2.29. The SMILES string of the molecule is O=C(Nc1ccc(N2CCOCC2)cc1C(F)(F)F)c1cccc(CN2CCOCC2)c1. The molecule has 0 spiro atoms. The Bertz CT molecular complexity index is 940. The van der Waals surface area contributed by atoms with Crippen molar-refractivity contribution in [3.8, 4) is 0 Å². The highest BCUT2D eigenvalue weighted by atomic mass is 19.4. The summed E-state index contributed by atoms with van der Waals surface area (Å²) >= 11 is 0. The molecule has 0 aromatic heterocycles. The van der Waals surface area contributed by atoms with Crippen LogP contribution in [0.2, 0.25) is 0 Å². The number of alkyl halides is 3. The van der Waals surface area contributed by atoms with Crippen molar-refractivity contribution >= 4 is 17.3 Å². The van der Waals surface area contributed by atoms with Gasteiger partial charge in [0.15, 0.2) is 0 Å². The molecule has 0 atom stereocenters. The normalized spacial score (nSPS) is 17.9. The predicted molar refractivity (Wildman–Crippen MR) is 115 cm³/mol. The number of nitrogens with one attached hydrogen (secondary N) is 1. The third-order valence-electron chi connectivity index (χ3n) is 5.63. The molecule has 2 aliphatic heterocycles. The summed E-state index contributed by atoms with van der Waals surface area (Å²) in [7, 11) is 0. The van der Waals surface area contributed by atoms with E-state index in [4.69, 9.17) is 9.47 Å². The molecule has 1 amide bonds. The zero-order chi connectivity index (χ0) is 22.6. The maximum Gasteiger partial charge on any atom is 0.418 e. The number of carbonyl (C=O) groups is 1. The van der Waals surface area contributed by atoms with Gasteiger partial charge in [0.2, 0.25) is 0 Å². The van der Waals surface area contributed by atoms with Crippen LogP contribution in [0.4, 0.5) is 24.5 Å². The Morgan fingerprint density at radius 1 is 0.938 bits per heavy atom. The van der Waals surface area contributed by atoms with Crippen molar-refractivity contribution in [1.29, 1.82) is 0 Å². The smallest absolute Gasteiger partial charge is 0.379 e. The van der Waals surface area contributed by atoms with Crippen LogP contribution in [-0.2, 0) is 22.2 Å². The lowest BCUT2D eigenvalue weighted by Crippen LogP contribution is -2.36. The fraction of sp³-hybridized carbons (Fsp3) is 0.435. The number of hydrogen-bond acceptors (Lipinski definition) is 5. The molecule has 32 heavy (non-hydrogen) atoms. The van der Waals surface area contributed by atoms with Gasteiger partial charge in [0.25, 0.3) is 5.91 Å². The van der Waals surface area contributed by atoms with E-state index in [0.717, 1.165) is 24.7 Å². The maximum absolute atomic E-state index is 13.8. The molecule has 6 nitrogen and oxygen atoms in total. The van der Waals surface area contributed by atoms with Gasteiger partial charge in [0, 0.05) is 44.0 Å². The van der Waals surface area contributed by atoms with Crippen molar-refractivity contribution in [3.05, 3.63) is 59.2 Å². The van der Waals surface area contributed by atoms with Crippen LogP contribution in [0.5, 0.6) is 0 Å². The van der Waals surface area contributed by atoms with Crippen LogP contribution in [0, 0.1) is 0 Å². The van der Waals surface area contributed by atoms with Gasteiger partial charge in [-0.25, -0.2) is 0 Å². The third-order valence-corrected chi connectivity index (χ3v) is 5.63. The fourth-order valence-corrected chi connectivity index (χ4v) is 3.92. The summed E-state index contributed by atoms with van der Waals surface area (Å²) in [5.74, 6) is -0.571. The molecule has 2 aliphatic rings. The first-order chi connectivity index (χ1) is 15.4. The summed E-state index contributed by atoms with van der Waals surface area (Å²) in [6.45, 7) is 5.61. The van der Waals surface area contributed by atoms with Gasteiger partial charge < -0.3 is 19.7 Å². The number of nitrogens with zero attached hydrogens (tertiary/aromatic N) is 2. The van der Waals surface area contributed by atoms with Gasteiger partial charge >= 0.3 is 6.18 Å². The van der Waals surface area contributed by atoms with Gasteiger partial charge in [-0.15, -0.1) is 0 Å². The van der Waals surface area contributed by atoms with Gasteiger partial charge in [-0.05, 0) is 35.9 Å². The summed E-state index contributed by atoms with van der Waals surface area (Å²) in [4.78, 5) is 16.8. The van der Waals surface area contributed by atoms with Gasteiger partial charge in [-0.1, -0.05) is 12.1 Å². The quantitative estimate of drug-likeness (QED) is 0.756. The number of halogens is 3. The third kappa shape index (κ3) is 5.59. The monoisotopic (exact) mass is 449 g/mol. The molecule has 0 bridgehead atoms. The second kappa shape index (κ2) is 9.89. The van der Waals surface area contributed by atoms with Crippen molar-refractivity contribution in [1.82, 2.24) is 4.90 Å². The van der Waals surface area contributed by atoms with E-state index in [0.29, 0.717) is 57.3 Å². The molecule has 172 valence electrons. The molecule has 9 heteroatoms. The molecular weight excluding hydrogens is 423 g/mol. The van der Waals surface area contributed by atoms with E-state index in [2.05, 4.69) is 10.2 Å². The number of anilines is 2. The van der Waals surface area contributed by atoms with E-state index in [1.54, 1.807) is 24.3 Å². The predicted octanol–water partition coefficient (Wildman–Crippen LogP) is 3.63. The van der Waals surface area contributed by atoms with E-state index in [1.165, 1.54) is 6.07 Å². The lowest BCUT2D eigenvalue weighted by molar-refractivity contribution is -0.136. The number of ether oxygens (including phenoxy) is 2. The van der Waals surface area contributed by atoms with Crippen molar-refractivity contribution in [2.45, 2.75) is 12.7 Å². The molecule has 2 heterocycles. The summed E-state index contributed by atoms with van der Waals surface area (Å²) in [5.41, 5.74) is 0.600. The molecule has 2 fully saturated rings. The van der Waals surface area contributed by atoms with Crippen LogP contribution in [-0.4, -0.2) is 63.4 Å². The largest absolute Gasteiger partial charge is 0.418 e. The van der Waals surface area contributed by atoms with Gasteiger partial charge in [0.05, 0.1) is 37.7 Å². The van der Waals surface area contributed by atoms with Crippen LogP contribution >= 0.6 is 0 Å². The molecule has 2 aromatic carbocycles. The minimum absolute atomic E-state index is 0.252. The molecule has 0 aliphatic carbocycles. The topological polar surface area (TPSA) is 54.0 Å². The Balaban J connectivity index is 1.51. The van der Waals surface area contributed by atoms with Crippen molar-refractivity contribution in [2.75, 3.05) is 62.8 Å². The Labute approximate surface area is 184 Å². The molecule has 0 unspecified atom stereocenters. The minimum atomic E-state index is -4.59. The first-order valence-electron chi connectivity index (χ1n) is 10.6. The molecule has 4 rings (SSSR count). The van der Waals surface area contributed by atoms with Gasteiger partial charge in [-0.3, -0.25) is 9.69 Å². The standard InChI is InChI=1S/C23H26F3N3O3/c24-23(25,26)20-15-19(29-8-12-32-13-9-29)4-5-21(20)27-22(30)18-3-1-2-17(14-18)16-28-6-10-31-11-7-28/h1-5,14-15H,6-13,16H2,(H,27,30). The molecule has 0 radical (unpaired) electrons.